The van der Waals surface area contributed by atoms with Crippen LogP contribution in [0.4, 0.5) is 5.00 Å². The van der Waals surface area contributed by atoms with Gasteiger partial charge in [0.05, 0.1) is 16.5 Å². The summed E-state index contributed by atoms with van der Waals surface area (Å²) in [7, 11) is -3.35. The summed E-state index contributed by atoms with van der Waals surface area (Å²) in [5, 5.41) is 4.17. The van der Waals surface area contributed by atoms with E-state index in [1.807, 2.05) is 0 Å². The minimum atomic E-state index is -3.35. The Balaban J connectivity index is 2.57. The molecular formula is C9H11ClN2O3S2. The smallest absolute Gasteiger partial charge is 0.226 e. The van der Waals surface area contributed by atoms with Crippen LogP contribution in [0.2, 0.25) is 5.02 Å². The number of nitrogens with zero attached hydrogens (tertiary/aromatic N) is 1. The maximum atomic E-state index is 11.4. The summed E-state index contributed by atoms with van der Waals surface area (Å²) in [6, 6.07) is 0. The first-order chi connectivity index (χ1) is 7.85. The molecular weight excluding hydrogens is 284 g/mol. The van der Waals surface area contributed by atoms with Crippen molar-refractivity contribution in [3.63, 3.8) is 0 Å². The number of aromatic nitrogens is 1. The molecule has 0 unspecified atom stereocenters. The summed E-state index contributed by atoms with van der Waals surface area (Å²) in [5.41, 5.74) is 0.630. The van der Waals surface area contributed by atoms with Crippen LogP contribution in [0.1, 0.15) is 12.1 Å². The second kappa shape index (κ2) is 5.61. The molecule has 0 aliphatic rings. The molecule has 5 nitrogen and oxygen atoms in total. The van der Waals surface area contributed by atoms with Crippen molar-refractivity contribution in [2.75, 3.05) is 11.1 Å². The fourth-order valence-corrected chi connectivity index (χ4v) is 2.53. The highest BCUT2D eigenvalue weighted by Gasteiger charge is 2.13. The lowest BCUT2D eigenvalue weighted by Crippen LogP contribution is -2.15. The molecule has 1 heterocycles. The van der Waals surface area contributed by atoms with Gasteiger partial charge in [-0.2, -0.15) is 4.37 Å². The predicted octanol–water partition coefficient (Wildman–Crippen LogP) is 1.99. The van der Waals surface area contributed by atoms with E-state index < -0.39 is 15.7 Å². The number of hydrogen-bond acceptors (Lipinski definition) is 5. The summed E-state index contributed by atoms with van der Waals surface area (Å²) in [6.45, 7) is 4.88. The molecule has 8 heteroatoms. The topological polar surface area (TPSA) is 76.1 Å². The fraction of sp³-hybridized carbons (Fsp3) is 0.333. The minimum absolute atomic E-state index is 0.137. The predicted molar refractivity (Wildman–Crippen MR) is 69.1 cm³/mol. The van der Waals surface area contributed by atoms with Gasteiger partial charge in [0.1, 0.15) is 5.00 Å². The van der Waals surface area contributed by atoms with Gasteiger partial charge in [-0.25, -0.2) is 8.42 Å². The van der Waals surface area contributed by atoms with Gasteiger partial charge < -0.3 is 5.32 Å². The van der Waals surface area contributed by atoms with Gasteiger partial charge in [-0.15, -0.1) is 0 Å². The third-order valence-corrected chi connectivity index (χ3v) is 4.62. The fourth-order valence-electron chi connectivity index (χ4n) is 0.944. The zero-order valence-corrected chi connectivity index (χ0v) is 11.5. The highest BCUT2D eigenvalue weighted by atomic mass is 35.5. The lowest BCUT2D eigenvalue weighted by molar-refractivity contribution is -0.115. The van der Waals surface area contributed by atoms with Gasteiger partial charge in [0.25, 0.3) is 0 Å². The van der Waals surface area contributed by atoms with E-state index in [9.17, 15) is 13.2 Å². The Morgan fingerprint density at radius 2 is 2.29 bits per heavy atom. The first-order valence-corrected chi connectivity index (χ1v) is 7.49. The van der Waals surface area contributed by atoms with Crippen molar-refractivity contribution in [2.24, 2.45) is 0 Å². The van der Waals surface area contributed by atoms with E-state index in [2.05, 4.69) is 16.3 Å². The van der Waals surface area contributed by atoms with Gasteiger partial charge in [-0.05, 0) is 18.5 Å². The molecule has 1 aromatic rings. The molecule has 1 amide bonds. The van der Waals surface area contributed by atoms with E-state index in [4.69, 9.17) is 11.6 Å². The molecule has 94 valence electrons. The number of carbonyl (C=O) groups excluding carboxylic acids is 1. The van der Waals surface area contributed by atoms with Crippen LogP contribution < -0.4 is 5.32 Å². The maximum absolute atomic E-state index is 11.4. The zero-order chi connectivity index (χ0) is 13.1. The van der Waals surface area contributed by atoms with Crippen molar-refractivity contribution in [3.8, 4) is 0 Å². The summed E-state index contributed by atoms with van der Waals surface area (Å²) >= 11 is 6.93. The number of anilines is 1. The third-order valence-electron chi connectivity index (χ3n) is 1.91. The van der Waals surface area contributed by atoms with Crippen LogP contribution in [0.15, 0.2) is 12.0 Å². The largest absolute Gasteiger partial charge is 0.315 e. The van der Waals surface area contributed by atoms with Crippen LogP contribution in [0.25, 0.3) is 0 Å². The Bertz CT molecular complexity index is 536. The van der Waals surface area contributed by atoms with E-state index >= 15 is 0 Å². The number of aryl methyl sites for hydroxylation is 1. The van der Waals surface area contributed by atoms with Crippen molar-refractivity contribution in [2.45, 2.75) is 13.3 Å². The molecule has 0 aliphatic carbocycles. The molecule has 0 aliphatic heterocycles. The monoisotopic (exact) mass is 294 g/mol. The molecule has 0 radical (unpaired) electrons. The molecule has 1 rings (SSSR count). The molecule has 17 heavy (non-hydrogen) atoms. The van der Waals surface area contributed by atoms with Gasteiger partial charge in [0.15, 0.2) is 9.84 Å². The molecule has 0 bridgehead atoms. The van der Waals surface area contributed by atoms with Crippen molar-refractivity contribution in [3.05, 3.63) is 22.7 Å². The van der Waals surface area contributed by atoms with Crippen LogP contribution >= 0.6 is 23.1 Å². The Morgan fingerprint density at radius 1 is 1.65 bits per heavy atom. The quantitative estimate of drug-likeness (QED) is 0.901. The first kappa shape index (κ1) is 14.1. The number of amides is 1. The third kappa shape index (κ3) is 4.10. The Morgan fingerprint density at radius 3 is 2.76 bits per heavy atom. The van der Waals surface area contributed by atoms with Crippen LogP contribution in [0.5, 0.6) is 0 Å². The maximum Gasteiger partial charge on any atom is 0.226 e. The van der Waals surface area contributed by atoms with E-state index in [1.165, 1.54) is 0 Å². The molecule has 1 N–H and O–H groups in total. The van der Waals surface area contributed by atoms with Crippen molar-refractivity contribution in [1.82, 2.24) is 4.37 Å². The highest BCUT2D eigenvalue weighted by Crippen LogP contribution is 2.29. The van der Waals surface area contributed by atoms with Crippen LogP contribution in [0.3, 0.4) is 0 Å². The number of carbonyl (C=O) groups is 1. The number of sulfone groups is 1. The Hall–Kier alpha value is -0.920. The molecule has 1 aromatic heterocycles. The molecule has 0 saturated heterocycles. The van der Waals surface area contributed by atoms with Crippen molar-refractivity contribution >= 4 is 43.9 Å². The Labute approximate surface area is 109 Å². The second-order valence-corrected chi connectivity index (χ2v) is 6.46. The highest BCUT2D eigenvalue weighted by molar-refractivity contribution is 7.94. The number of hydrogen-bond donors (Lipinski definition) is 1. The van der Waals surface area contributed by atoms with Gasteiger partial charge in [0, 0.05) is 11.8 Å². The molecule has 0 atom stereocenters. The Kier molecular flexibility index (Phi) is 4.67. The average Bonchev–Trinajstić information content (AvgIpc) is 2.59. The molecule has 0 saturated carbocycles. The summed E-state index contributed by atoms with van der Waals surface area (Å²) in [5.74, 6) is -0.682. The summed E-state index contributed by atoms with van der Waals surface area (Å²) < 4.78 is 26.1. The number of rotatable bonds is 5. The van der Waals surface area contributed by atoms with Crippen molar-refractivity contribution in [1.29, 1.82) is 0 Å². The SMILES string of the molecule is C=CS(=O)(=O)CCC(=O)Nc1snc(C)c1Cl. The van der Waals surface area contributed by atoms with Gasteiger partial charge in [-0.1, -0.05) is 18.2 Å². The normalized spacial score (nSPS) is 11.2. The van der Waals surface area contributed by atoms with Crippen molar-refractivity contribution < 1.29 is 13.2 Å². The van der Waals surface area contributed by atoms with E-state index in [-0.39, 0.29) is 12.2 Å². The molecule has 0 aromatic carbocycles. The zero-order valence-electron chi connectivity index (χ0n) is 9.07. The first-order valence-electron chi connectivity index (χ1n) is 4.62. The minimum Gasteiger partial charge on any atom is -0.315 e. The summed E-state index contributed by atoms with van der Waals surface area (Å²) in [6.07, 6.45) is -0.137. The van der Waals surface area contributed by atoms with E-state index in [0.29, 0.717) is 15.7 Å². The van der Waals surface area contributed by atoms with Crippen LogP contribution in [-0.4, -0.2) is 24.5 Å². The van der Waals surface area contributed by atoms with Gasteiger partial charge in [-0.3, -0.25) is 4.79 Å². The van der Waals surface area contributed by atoms with Gasteiger partial charge in [0.2, 0.25) is 5.91 Å². The molecule has 0 spiro atoms. The van der Waals surface area contributed by atoms with Crippen LogP contribution in [0, 0.1) is 6.92 Å². The van der Waals surface area contributed by atoms with E-state index in [0.717, 1.165) is 16.9 Å². The lowest BCUT2D eigenvalue weighted by Gasteiger charge is -2.02. The number of nitrogens with one attached hydrogen (secondary N) is 1. The van der Waals surface area contributed by atoms with E-state index in [1.54, 1.807) is 6.92 Å². The van der Waals surface area contributed by atoms with Gasteiger partial charge >= 0.3 is 0 Å². The molecule has 0 fully saturated rings. The summed E-state index contributed by atoms with van der Waals surface area (Å²) in [4.78, 5) is 11.4. The second-order valence-electron chi connectivity index (χ2n) is 3.24. The average molecular weight is 295 g/mol. The standard InChI is InChI=1S/C9H11ClN2O3S2/c1-3-17(14,15)5-4-7(13)11-9-8(10)6(2)12-16-9/h3H,1,4-5H2,2H3,(H,11,13). The number of halogens is 1. The van der Waals surface area contributed by atoms with Crippen LogP contribution in [-0.2, 0) is 14.6 Å². The lowest BCUT2D eigenvalue weighted by atomic mass is 10.4.